The minimum Gasteiger partial charge on any atom is -0.349 e. The molecule has 0 aliphatic heterocycles. The minimum absolute atomic E-state index is 0.106. The molecule has 1 aromatic rings. The van der Waals surface area contributed by atoms with E-state index < -0.39 is 0 Å². The maximum absolute atomic E-state index is 6.10. The van der Waals surface area contributed by atoms with E-state index in [1.54, 1.807) is 0 Å². The lowest BCUT2D eigenvalue weighted by Crippen LogP contribution is -2.36. The zero-order chi connectivity index (χ0) is 15.5. The molecule has 0 aromatic heterocycles. The zero-order valence-electron chi connectivity index (χ0n) is 13.0. The lowest BCUT2D eigenvalue weighted by atomic mass is 9.85. The number of hydrogen-bond donors (Lipinski definition) is 0. The second-order valence-corrected chi connectivity index (χ2v) is 6.73. The molecular formula is C15H23Cl2N3. The first kappa shape index (κ1) is 17.1. The minimum atomic E-state index is -0.106. The van der Waals surface area contributed by atoms with Gasteiger partial charge in [0.05, 0.1) is 16.6 Å². The van der Waals surface area contributed by atoms with Crippen molar-refractivity contribution >= 4 is 29.2 Å². The Bertz CT molecular complexity index is 484. The van der Waals surface area contributed by atoms with Crippen molar-refractivity contribution in [1.82, 2.24) is 9.80 Å². The van der Waals surface area contributed by atoms with Crippen LogP contribution in [0.25, 0.3) is 0 Å². The molecule has 0 spiro atoms. The van der Waals surface area contributed by atoms with Crippen molar-refractivity contribution in [2.75, 3.05) is 34.7 Å². The van der Waals surface area contributed by atoms with E-state index in [9.17, 15) is 0 Å². The van der Waals surface area contributed by atoms with Crippen molar-refractivity contribution in [1.29, 1.82) is 0 Å². The summed E-state index contributed by atoms with van der Waals surface area (Å²) >= 11 is 12.1. The predicted molar refractivity (Wildman–Crippen MR) is 89.2 cm³/mol. The molecule has 0 aliphatic rings. The van der Waals surface area contributed by atoms with Gasteiger partial charge in [-0.25, -0.2) is 0 Å². The Morgan fingerprint density at radius 2 is 1.60 bits per heavy atom. The number of aliphatic imine (C=N–C) groups is 1. The summed E-state index contributed by atoms with van der Waals surface area (Å²) in [5, 5.41) is 1.17. The van der Waals surface area contributed by atoms with Crippen LogP contribution in [-0.4, -0.2) is 50.5 Å². The Labute approximate surface area is 132 Å². The Hall–Kier alpha value is -0.930. The molecule has 112 valence electrons. The number of nitrogens with zero attached hydrogens (tertiary/aromatic N) is 3. The number of rotatable bonds is 3. The van der Waals surface area contributed by atoms with Crippen LogP contribution in [-0.2, 0) is 5.41 Å². The first-order valence-corrected chi connectivity index (χ1v) is 7.25. The van der Waals surface area contributed by atoms with E-state index in [2.05, 4.69) is 13.8 Å². The lowest BCUT2D eigenvalue weighted by Gasteiger charge is -2.27. The van der Waals surface area contributed by atoms with Gasteiger partial charge in [0, 0.05) is 33.6 Å². The van der Waals surface area contributed by atoms with Crippen LogP contribution in [0.3, 0.4) is 0 Å². The fraction of sp³-hybridized carbons (Fsp3) is 0.533. The van der Waals surface area contributed by atoms with Crippen LogP contribution in [0.2, 0.25) is 10.0 Å². The first-order valence-electron chi connectivity index (χ1n) is 6.50. The molecule has 0 fully saturated rings. The Balaban J connectivity index is 2.99. The fourth-order valence-corrected chi connectivity index (χ4v) is 2.26. The molecule has 1 rings (SSSR count). The molecule has 0 saturated heterocycles. The van der Waals surface area contributed by atoms with Crippen LogP contribution >= 0.6 is 23.2 Å². The molecule has 0 heterocycles. The van der Waals surface area contributed by atoms with Crippen molar-refractivity contribution in [3.63, 3.8) is 0 Å². The Morgan fingerprint density at radius 3 is 2.05 bits per heavy atom. The molecule has 3 nitrogen and oxygen atoms in total. The predicted octanol–water partition coefficient (Wildman–Crippen LogP) is 3.75. The summed E-state index contributed by atoms with van der Waals surface area (Å²) < 4.78 is 0. The van der Waals surface area contributed by atoms with Gasteiger partial charge in [-0.1, -0.05) is 43.1 Å². The van der Waals surface area contributed by atoms with E-state index in [1.807, 2.05) is 56.2 Å². The van der Waals surface area contributed by atoms with Gasteiger partial charge in [-0.15, -0.1) is 0 Å². The zero-order valence-corrected chi connectivity index (χ0v) is 14.5. The molecular weight excluding hydrogens is 293 g/mol. The molecule has 0 N–H and O–H groups in total. The average Bonchev–Trinajstić information content (AvgIpc) is 2.31. The highest BCUT2D eigenvalue weighted by Gasteiger charge is 2.22. The highest BCUT2D eigenvalue weighted by Crippen LogP contribution is 2.30. The summed E-state index contributed by atoms with van der Waals surface area (Å²) in [6, 6.07) is 5.77. The van der Waals surface area contributed by atoms with Crippen LogP contribution in [0.4, 0.5) is 0 Å². The Morgan fingerprint density at radius 1 is 1.05 bits per heavy atom. The van der Waals surface area contributed by atoms with Gasteiger partial charge >= 0.3 is 0 Å². The van der Waals surface area contributed by atoms with Gasteiger partial charge in [0.15, 0.2) is 5.96 Å². The third-order valence-electron chi connectivity index (χ3n) is 3.12. The smallest absolute Gasteiger partial charge is 0.195 e. The number of guanidine groups is 1. The van der Waals surface area contributed by atoms with Crippen LogP contribution < -0.4 is 0 Å². The monoisotopic (exact) mass is 315 g/mol. The van der Waals surface area contributed by atoms with E-state index in [4.69, 9.17) is 28.2 Å². The maximum atomic E-state index is 6.10. The summed E-state index contributed by atoms with van der Waals surface area (Å²) in [6.45, 7) is 4.98. The summed E-state index contributed by atoms with van der Waals surface area (Å²) in [5.74, 6) is 0.943. The number of benzene rings is 1. The third kappa shape index (κ3) is 4.29. The average molecular weight is 316 g/mol. The molecule has 20 heavy (non-hydrogen) atoms. The molecule has 0 bridgehead atoms. The number of halogens is 2. The molecule has 0 aliphatic carbocycles. The molecule has 0 unspecified atom stereocenters. The fourth-order valence-electron chi connectivity index (χ4n) is 1.96. The highest BCUT2D eigenvalue weighted by molar-refractivity contribution is 6.42. The molecule has 5 heteroatoms. The van der Waals surface area contributed by atoms with E-state index in [0.717, 1.165) is 11.5 Å². The van der Waals surface area contributed by atoms with E-state index >= 15 is 0 Å². The van der Waals surface area contributed by atoms with Gasteiger partial charge < -0.3 is 9.80 Å². The SMILES string of the molecule is CN(C)C(=NCC(C)(C)c1ccc(Cl)c(Cl)c1)N(C)C. The first-order chi connectivity index (χ1) is 9.15. The van der Waals surface area contributed by atoms with E-state index in [1.165, 1.54) is 0 Å². The van der Waals surface area contributed by atoms with Crippen LogP contribution in [0, 0.1) is 0 Å². The van der Waals surface area contributed by atoms with E-state index in [0.29, 0.717) is 16.6 Å². The van der Waals surface area contributed by atoms with Crippen LogP contribution in [0.5, 0.6) is 0 Å². The molecule has 0 saturated carbocycles. The highest BCUT2D eigenvalue weighted by atomic mass is 35.5. The quantitative estimate of drug-likeness (QED) is 0.625. The standard InChI is InChI=1S/C15H23Cl2N3/c1-15(2,10-18-14(19(3)4)20(5)6)11-7-8-12(16)13(17)9-11/h7-9H,10H2,1-6H3. The van der Waals surface area contributed by atoms with Gasteiger partial charge in [-0.3, -0.25) is 4.99 Å². The lowest BCUT2D eigenvalue weighted by molar-refractivity contribution is 0.464. The second kappa shape index (κ2) is 6.68. The molecule has 0 amide bonds. The van der Waals surface area contributed by atoms with E-state index in [-0.39, 0.29) is 5.41 Å². The van der Waals surface area contributed by atoms with Crippen molar-refractivity contribution in [2.45, 2.75) is 19.3 Å². The number of hydrogen-bond acceptors (Lipinski definition) is 1. The van der Waals surface area contributed by atoms with Crippen molar-refractivity contribution in [3.8, 4) is 0 Å². The summed E-state index contributed by atoms with van der Waals surface area (Å²) in [6.07, 6.45) is 0. The third-order valence-corrected chi connectivity index (χ3v) is 3.86. The summed E-state index contributed by atoms with van der Waals surface area (Å²) in [7, 11) is 7.96. The normalized spacial score (nSPS) is 11.2. The maximum Gasteiger partial charge on any atom is 0.195 e. The Kier molecular flexibility index (Phi) is 5.72. The molecule has 1 aromatic carbocycles. The molecule has 0 atom stereocenters. The van der Waals surface area contributed by atoms with Gasteiger partial charge in [-0.2, -0.15) is 0 Å². The van der Waals surface area contributed by atoms with Gasteiger partial charge in [0.2, 0.25) is 0 Å². The van der Waals surface area contributed by atoms with Crippen molar-refractivity contribution in [3.05, 3.63) is 33.8 Å². The largest absolute Gasteiger partial charge is 0.349 e. The van der Waals surface area contributed by atoms with Crippen molar-refractivity contribution < 1.29 is 0 Å². The summed E-state index contributed by atoms with van der Waals surface area (Å²) in [5.41, 5.74) is 1.03. The summed E-state index contributed by atoms with van der Waals surface area (Å²) in [4.78, 5) is 8.73. The van der Waals surface area contributed by atoms with Gasteiger partial charge in [0.25, 0.3) is 0 Å². The van der Waals surface area contributed by atoms with Crippen molar-refractivity contribution in [2.24, 2.45) is 4.99 Å². The van der Waals surface area contributed by atoms with Crippen LogP contribution in [0.1, 0.15) is 19.4 Å². The topological polar surface area (TPSA) is 18.8 Å². The van der Waals surface area contributed by atoms with Gasteiger partial charge in [-0.05, 0) is 17.7 Å². The van der Waals surface area contributed by atoms with Gasteiger partial charge in [0.1, 0.15) is 0 Å². The van der Waals surface area contributed by atoms with Crippen LogP contribution in [0.15, 0.2) is 23.2 Å². The molecule has 0 radical (unpaired) electrons. The second-order valence-electron chi connectivity index (χ2n) is 5.92.